The zero-order valence-corrected chi connectivity index (χ0v) is 7.07. The zero-order valence-electron chi connectivity index (χ0n) is 7.07. The van der Waals surface area contributed by atoms with Gasteiger partial charge in [0, 0.05) is 0 Å². The third kappa shape index (κ3) is 0.983. The first kappa shape index (κ1) is 9.03. The maximum atomic E-state index is 10.8. The first-order valence-corrected chi connectivity index (χ1v) is 3.89. The summed E-state index contributed by atoms with van der Waals surface area (Å²) in [5.41, 5.74) is -0.994. The van der Waals surface area contributed by atoms with Crippen LogP contribution in [0.3, 0.4) is 0 Å². The summed E-state index contributed by atoms with van der Waals surface area (Å²) in [6, 6.07) is 0. The molecule has 12 heavy (non-hydrogen) atoms. The van der Waals surface area contributed by atoms with Crippen LogP contribution < -0.4 is 0 Å². The van der Waals surface area contributed by atoms with Crippen LogP contribution in [-0.2, 0) is 9.59 Å². The minimum absolute atomic E-state index is 0.115. The summed E-state index contributed by atoms with van der Waals surface area (Å²) < 4.78 is 0. The zero-order chi connectivity index (χ0) is 9.52. The molecule has 4 heteroatoms. The normalized spacial score (nSPS) is 33.4. The van der Waals surface area contributed by atoms with Crippen LogP contribution in [0.4, 0.5) is 0 Å². The third-order valence-electron chi connectivity index (χ3n) is 2.73. The maximum absolute atomic E-state index is 10.8. The SMILES string of the molecule is CC(C)[C@]1(C(=O)O)C[C@H]1C(=O)O. The third-order valence-corrected chi connectivity index (χ3v) is 2.73. The average molecular weight is 172 g/mol. The minimum atomic E-state index is -0.994. The Labute approximate surface area is 70.2 Å². The highest BCUT2D eigenvalue weighted by atomic mass is 16.4. The Bertz CT molecular complexity index is 233. The lowest BCUT2D eigenvalue weighted by Crippen LogP contribution is -2.26. The van der Waals surface area contributed by atoms with Crippen LogP contribution in [0.5, 0.6) is 0 Å². The summed E-state index contributed by atoms with van der Waals surface area (Å²) in [6.07, 6.45) is 0.273. The summed E-state index contributed by atoms with van der Waals surface area (Å²) in [5.74, 6) is -2.78. The second-order valence-electron chi connectivity index (χ2n) is 3.60. The first-order valence-electron chi connectivity index (χ1n) is 3.89. The predicted molar refractivity (Wildman–Crippen MR) is 40.6 cm³/mol. The van der Waals surface area contributed by atoms with Gasteiger partial charge in [-0.15, -0.1) is 0 Å². The van der Waals surface area contributed by atoms with Gasteiger partial charge >= 0.3 is 11.9 Å². The molecule has 1 rings (SSSR count). The highest BCUT2D eigenvalue weighted by Crippen LogP contribution is 2.58. The monoisotopic (exact) mass is 172 g/mol. The molecule has 2 atom stereocenters. The van der Waals surface area contributed by atoms with E-state index in [1.807, 2.05) is 0 Å². The van der Waals surface area contributed by atoms with Gasteiger partial charge in [0.25, 0.3) is 0 Å². The summed E-state index contributed by atoms with van der Waals surface area (Å²) in [6.45, 7) is 3.49. The van der Waals surface area contributed by atoms with Crippen molar-refractivity contribution in [3.63, 3.8) is 0 Å². The van der Waals surface area contributed by atoms with Gasteiger partial charge in [0.15, 0.2) is 0 Å². The quantitative estimate of drug-likeness (QED) is 0.660. The van der Waals surface area contributed by atoms with Crippen molar-refractivity contribution in [1.82, 2.24) is 0 Å². The molecule has 1 aliphatic rings. The fraction of sp³-hybridized carbons (Fsp3) is 0.750. The summed E-state index contributed by atoms with van der Waals surface area (Å²) in [7, 11) is 0. The molecule has 0 unspecified atom stereocenters. The molecule has 0 radical (unpaired) electrons. The van der Waals surface area contributed by atoms with Gasteiger partial charge in [-0.1, -0.05) is 13.8 Å². The molecule has 0 aromatic carbocycles. The van der Waals surface area contributed by atoms with Crippen molar-refractivity contribution in [2.75, 3.05) is 0 Å². The first-order chi connectivity index (χ1) is 5.43. The van der Waals surface area contributed by atoms with Crippen molar-refractivity contribution in [3.8, 4) is 0 Å². The van der Waals surface area contributed by atoms with Crippen molar-refractivity contribution in [3.05, 3.63) is 0 Å². The number of rotatable bonds is 3. The Hall–Kier alpha value is -1.06. The molecular formula is C8H12O4. The van der Waals surface area contributed by atoms with Gasteiger partial charge in [-0.05, 0) is 12.3 Å². The van der Waals surface area contributed by atoms with Gasteiger partial charge in [-0.2, -0.15) is 0 Å². The Morgan fingerprint density at radius 3 is 2.00 bits per heavy atom. The smallest absolute Gasteiger partial charge is 0.310 e. The molecule has 1 fully saturated rings. The van der Waals surface area contributed by atoms with Gasteiger partial charge in [-0.3, -0.25) is 9.59 Å². The fourth-order valence-electron chi connectivity index (χ4n) is 1.71. The highest BCUT2D eigenvalue weighted by molar-refractivity contribution is 5.89. The lowest BCUT2D eigenvalue weighted by molar-refractivity contribution is -0.150. The van der Waals surface area contributed by atoms with Gasteiger partial charge in [0.1, 0.15) is 0 Å². The Morgan fingerprint density at radius 1 is 1.42 bits per heavy atom. The van der Waals surface area contributed by atoms with Crippen molar-refractivity contribution < 1.29 is 19.8 Å². The van der Waals surface area contributed by atoms with Crippen LogP contribution in [0.15, 0.2) is 0 Å². The van der Waals surface area contributed by atoms with E-state index in [4.69, 9.17) is 10.2 Å². The standard InChI is InChI=1S/C8H12O4/c1-4(2)8(7(11)12)3-5(8)6(9)10/h4-5H,3H2,1-2H3,(H,9,10)(H,11,12)/t5-,8+/m0/s1. The molecule has 2 N–H and O–H groups in total. The van der Waals surface area contributed by atoms with E-state index < -0.39 is 23.3 Å². The van der Waals surface area contributed by atoms with Crippen molar-refractivity contribution in [2.24, 2.45) is 17.3 Å². The lowest BCUT2D eigenvalue weighted by atomic mass is 9.90. The summed E-state index contributed by atoms with van der Waals surface area (Å²) in [4.78, 5) is 21.3. The second kappa shape index (κ2) is 2.47. The Balaban J connectivity index is 2.83. The van der Waals surface area contributed by atoms with Crippen molar-refractivity contribution in [2.45, 2.75) is 20.3 Å². The lowest BCUT2D eigenvalue weighted by Gasteiger charge is -2.14. The van der Waals surface area contributed by atoms with E-state index in [0.29, 0.717) is 0 Å². The predicted octanol–water partition coefficient (Wildman–Crippen LogP) is 0.818. The van der Waals surface area contributed by atoms with Crippen LogP contribution in [0.25, 0.3) is 0 Å². The van der Waals surface area contributed by atoms with E-state index in [-0.39, 0.29) is 12.3 Å². The number of hydrogen-bond donors (Lipinski definition) is 2. The van der Waals surface area contributed by atoms with Gasteiger partial charge in [-0.25, -0.2) is 0 Å². The molecule has 0 heterocycles. The summed E-state index contributed by atoms with van der Waals surface area (Å²) >= 11 is 0. The van der Waals surface area contributed by atoms with E-state index in [1.165, 1.54) is 0 Å². The summed E-state index contributed by atoms with van der Waals surface area (Å²) in [5, 5.41) is 17.5. The van der Waals surface area contributed by atoms with Crippen LogP contribution in [0, 0.1) is 17.3 Å². The maximum Gasteiger partial charge on any atom is 0.310 e. The molecule has 0 saturated heterocycles. The molecule has 0 bridgehead atoms. The number of carboxylic acid groups (broad SMARTS) is 2. The van der Waals surface area contributed by atoms with Crippen LogP contribution in [-0.4, -0.2) is 22.2 Å². The van der Waals surface area contributed by atoms with Crippen LogP contribution in [0.2, 0.25) is 0 Å². The molecule has 1 saturated carbocycles. The molecule has 68 valence electrons. The molecule has 0 aliphatic heterocycles. The van der Waals surface area contributed by atoms with E-state index in [1.54, 1.807) is 13.8 Å². The van der Waals surface area contributed by atoms with E-state index in [0.717, 1.165) is 0 Å². The van der Waals surface area contributed by atoms with Gasteiger partial charge in [0.05, 0.1) is 11.3 Å². The van der Waals surface area contributed by atoms with E-state index >= 15 is 0 Å². The molecule has 4 nitrogen and oxygen atoms in total. The number of hydrogen-bond acceptors (Lipinski definition) is 2. The fourth-order valence-corrected chi connectivity index (χ4v) is 1.71. The van der Waals surface area contributed by atoms with Crippen molar-refractivity contribution in [1.29, 1.82) is 0 Å². The van der Waals surface area contributed by atoms with Gasteiger partial charge in [0.2, 0.25) is 0 Å². The van der Waals surface area contributed by atoms with Crippen molar-refractivity contribution >= 4 is 11.9 Å². The molecule has 0 amide bonds. The largest absolute Gasteiger partial charge is 0.481 e. The molecule has 0 aromatic rings. The van der Waals surface area contributed by atoms with Crippen LogP contribution in [0.1, 0.15) is 20.3 Å². The average Bonchev–Trinajstić information content (AvgIpc) is 2.60. The number of carboxylic acids is 2. The highest BCUT2D eigenvalue weighted by Gasteiger charge is 2.65. The number of aliphatic carboxylic acids is 2. The molecule has 0 spiro atoms. The van der Waals surface area contributed by atoms with Crippen LogP contribution >= 0.6 is 0 Å². The van der Waals surface area contributed by atoms with Gasteiger partial charge < -0.3 is 10.2 Å². The minimum Gasteiger partial charge on any atom is -0.481 e. The Kier molecular flexibility index (Phi) is 1.86. The molecule has 1 aliphatic carbocycles. The Morgan fingerprint density at radius 2 is 1.92 bits per heavy atom. The second-order valence-corrected chi connectivity index (χ2v) is 3.60. The molecular weight excluding hydrogens is 160 g/mol. The van der Waals surface area contributed by atoms with E-state index in [9.17, 15) is 9.59 Å². The van der Waals surface area contributed by atoms with E-state index in [2.05, 4.69) is 0 Å². The molecule has 0 aromatic heterocycles. The topological polar surface area (TPSA) is 74.6 Å². The number of carbonyl (C=O) groups is 2.